The number of imidazole rings is 3. The number of pyridine rings is 3. The number of hydrogen-bond acceptors (Lipinski definition) is 3. The summed E-state index contributed by atoms with van der Waals surface area (Å²) in [5.41, 5.74) is 13.7. The summed E-state index contributed by atoms with van der Waals surface area (Å²) >= 11 is 48.4. The molecule has 6 nitrogen and oxygen atoms in total. The molecule has 6 aromatic heterocycles. The van der Waals surface area contributed by atoms with E-state index in [1.54, 1.807) is 12.1 Å². The van der Waals surface area contributed by atoms with Gasteiger partial charge in [-0.25, -0.2) is 15.0 Å². The van der Waals surface area contributed by atoms with E-state index in [1.165, 1.54) is 5.56 Å². The largest absolute Gasteiger partial charge is 0.304 e. The second-order valence-corrected chi connectivity index (χ2v) is 19.9. The smallest absolute Gasteiger partial charge is 0.138 e. The van der Waals surface area contributed by atoms with Gasteiger partial charge >= 0.3 is 0 Å². The van der Waals surface area contributed by atoms with Crippen LogP contribution in [0.2, 0.25) is 35.2 Å². The number of halogens is 9. The first-order chi connectivity index (χ1) is 34.2. The Kier molecular flexibility index (Phi) is 19.6. The molecule has 360 valence electrons. The molecular weight excluding hydrogens is 1170 g/mol. The molecule has 0 amide bonds. The van der Waals surface area contributed by atoms with Crippen molar-refractivity contribution in [3.8, 4) is 33.8 Å². The van der Waals surface area contributed by atoms with Crippen LogP contribution in [0.4, 0.5) is 0 Å². The number of fused-ring (bicyclic) bond motifs is 3. The summed E-state index contributed by atoms with van der Waals surface area (Å²) in [6, 6.07) is 52.4. The van der Waals surface area contributed by atoms with Gasteiger partial charge in [0.25, 0.3) is 0 Å². The Balaban J connectivity index is 0.000000133. The maximum absolute atomic E-state index is 5.89. The van der Waals surface area contributed by atoms with Crippen LogP contribution in [0.5, 0.6) is 0 Å². The number of rotatable bonds is 5. The van der Waals surface area contributed by atoms with Crippen LogP contribution in [-0.2, 0) is 12.3 Å². The molecule has 0 N–H and O–H groups in total. The molecule has 11 rings (SSSR count). The number of alkyl halides is 1. The molecule has 0 aliphatic rings. The van der Waals surface area contributed by atoms with Gasteiger partial charge in [0.2, 0.25) is 0 Å². The number of nitrogens with zero attached hydrogens (tertiary/aromatic N) is 6. The highest BCUT2D eigenvalue weighted by atomic mass is 127. The fourth-order valence-electron chi connectivity index (χ4n) is 7.14. The lowest BCUT2D eigenvalue weighted by Crippen LogP contribution is -1.85. The molecule has 71 heavy (non-hydrogen) atoms. The lowest BCUT2D eigenvalue weighted by Gasteiger charge is -1.99. The van der Waals surface area contributed by atoms with Gasteiger partial charge in [0.05, 0.1) is 31.5 Å². The average Bonchev–Trinajstić information content (AvgIpc) is 4.04. The minimum absolute atomic E-state index is 0.469. The maximum atomic E-state index is 5.89. The Bertz CT molecular complexity index is 3180. The molecule has 0 atom stereocenters. The summed E-state index contributed by atoms with van der Waals surface area (Å²) in [5, 5.41) is 4.62. The van der Waals surface area contributed by atoms with Gasteiger partial charge in [0.1, 0.15) is 26.3 Å². The topological polar surface area (TPSA) is 51.9 Å². The number of aryl methyl sites for hydroxylation is 3. The number of aromatic nitrogens is 6. The Morgan fingerprint density at radius 3 is 1.13 bits per heavy atom. The summed E-state index contributed by atoms with van der Waals surface area (Å²) in [5.74, 6) is 0.469. The van der Waals surface area contributed by atoms with E-state index >= 15 is 0 Å². The van der Waals surface area contributed by atoms with Gasteiger partial charge in [-0.2, -0.15) is 0 Å². The van der Waals surface area contributed by atoms with Crippen molar-refractivity contribution in [1.82, 2.24) is 28.2 Å². The van der Waals surface area contributed by atoms with Gasteiger partial charge in [0.15, 0.2) is 0 Å². The summed E-state index contributed by atoms with van der Waals surface area (Å²) in [4.78, 5) is 13.9. The van der Waals surface area contributed by atoms with Crippen molar-refractivity contribution >= 4 is 132 Å². The van der Waals surface area contributed by atoms with Crippen LogP contribution >= 0.6 is 115 Å². The fraction of sp³-hybridized carbons (Fsp3) is 0.0893. The van der Waals surface area contributed by atoms with Crippen molar-refractivity contribution in [1.29, 1.82) is 0 Å². The van der Waals surface area contributed by atoms with E-state index < -0.39 is 0 Å². The second-order valence-electron chi connectivity index (χ2n) is 15.6. The van der Waals surface area contributed by atoms with Crippen molar-refractivity contribution in [3.05, 3.63) is 244 Å². The first-order valence-corrected chi connectivity index (χ1v) is 26.2. The van der Waals surface area contributed by atoms with E-state index in [9.17, 15) is 0 Å². The highest BCUT2D eigenvalue weighted by Crippen LogP contribution is 2.29. The molecule has 0 saturated carbocycles. The Labute approximate surface area is 466 Å². The van der Waals surface area contributed by atoms with E-state index in [0.29, 0.717) is 26.0 Å². The monoisotopic (exact) mass is 1210 g/mol. The summed E-state index contributed by atoms with van der Waals surface area (Å²) in [6.45, 7) is 6.23. The van der Waals surface area contributed by atoms with Crippen LogP contribution in [0.1, 0.15) is 29.4 Å². The Hall–Kier alpha value is -4.78. The molecule has 6 heterocycles. The van der Waals surface area contributed by atoms with Crippen LogP contribution in [0.25, 0.3) is 50.7 Å². The van der Waals surface area contributed by atoms with Gasteiger partial charge in [-0.05, 0) is 151 Å². The maximum Gasteiger partial charge on any atom is 0.138 e. The van der Waals surface area contributed by atoms with E-state index in [4.69, 9.17) is 92.8 Å². The molecule has 0 fully saturated rings. The van der Waals surface area contributed by atoms with Crippen LogP contribution < -0.4 is 0 Å². The van der Waals surface area contributed by atoms with Crippen LogP contribution in [0.3, 0.4) is 0 Å². The third kappa shape index (κ3) is 14.0. The number of hydrogen-bond donors (Lipinski definition) is 0. The molecule has 15 heteroatoms. The third-order valence-electron chi connectivity index (χ3n) is 10.9. The van der Waals surface area contributed by atoms with E-state index in [2.05, 4.69) is 71.5 Å². The van der Waals surface area contributed by atoms with Gasteiger partial charge < -0.3 is 8.80 Å². The van der Waals surface area contributed by atoms with Crippen molar-refractivity contribution in [2.75, 3.05) is 0 Å². The summed E-state index contributed by atoms with van der Waals surface area (Å²) in [7, 11) is 0. The Morgan fingerprint density at radius 1 is 0.408 bits per heavy atom. The van der Waals surface area contributed by atoms with E-state index in [-0.39, 0.29) is 0 Å². The minimum Gasteiger partial charge on any atom is -0.304 e. The molecule has 0 unspecified atom stereocenters. The number of benzene rings is 5. The molecule has 0 aliphatic carbocycles. The minimum atomic E-state index is 0.469. The lowest BCUT2D eigenvalue weighted by molar-refractivity contribution is 1.11. The molecule has 0 spiro atoms. The molecule has 11 aromatic rings. The molecule has 0 aliphatic heterocycles. The molecule has 0 saturated heterocycles. The van der Waals surface area contributed by atoms with Gasteiger partial charge in [-0.3, -0.25) is 4.40 Å². The highest BCUT2D eigenvalue weighted by molar-refractivity contribution is 14.1. The zero-order chi connectivity index (χ0) is 50.6. The SMILES string of the molecule is CCc1ccc(Cl)c(Cl)c1.Cc1c(-c2ccc(Cl)cc2)nc2ccccn12.Cc1c(-c2ccc(Cl)cc2)nc2ccccn12.ClCc1ccc(Cl)c(Cl)c1.Clc1ccc(-c2nc3ccccn3c2I)cc1. The molecule has 5 aromatic carbocycles. The first-order valence-electron chi connectivity index (χ1n) is 22.0. The normalized spacial score (nSPS) is 10.6. The molecular formula is C56H43Cl8IN6. The van der Waals surface area contributed by atoms with Crippen LogP contribution in [0, 0.1) is 17.5 Å². The van der Waals surface area contributed by atoms with Crippen LogP contribution in [0.15, 0.2) is 182 Å². The zero-order valence-corrected chi connectivity index (χ0v) is 46.5. The summed E-state index contributed by atoms with van der Waals surface area (Å²) < 4.78 is 7.36. The quantitative estimate of drug-likeness (QED) is 0.127. The zero-order valence-electron chi connectivity index (χ0n) is 38.3. The van der Waals surface area contributed by atoms with Crippen molar-refractivity contribution in [2.24, 2.45) is 0 Å². The van der Waals surface area contributed by atoms with E-state index in [0.717, 1.165) is 92.9 Å². The molecule has 0 radical (unpaired) electrons. The van der Waals surface area contributed by atoms with Gasteiger partial charge in [-0.15, -0.1) is 11.6 Å². The Morgan fingerprint density at radius 2 is 0.761 bits per heavy atom. The fourth-order valence-corrected chi connectivity index (χ4v) is 9.16. The van der Waals surface area contributed by atoms with Gasteiger partial charge in [0, 0.05) is 67.6 Å². The second kappa shape index (κ2) is 25.7. The lowest BCUT2D eigenvalue weighted by atomic mass is 10.1. The van der Waals surface area contributed by atoms with Crippen LogP contribution in [-0.4, -0.2) is 28.2 Å². The standard InChI is InChI=1S/2C14H11ClN2.C13H8ClIN2.C8H8Cl2.C7H5Cl3/c2*1-10-14(11-5-7-12(15)8-6-11)16-13-4-2-3-9-17(10)13;14-10-6-4-9(5-7-10)12-13(15)17-8-2-1-3-11(17)16-12;1-2-6-3-4-7(9)8(10)5-6;8-4-5-1-2-6(9)7(10)3-5/h2*2-9H,1H3;1-8H;3-5H,2H2,1H3;1-3H,4H2. The predicted octanol–water partition coefficient (Wildman–Crippen LogP) is 19.5. The summed E-state index contributed by atoms with van der Waals surface area (Å²) in [6.07, 6.45) is 7.06. The van der Waals surface area contributed by atoms with Crippen molar-refractivity contribution in [3.63, 3.8) is 0 Å². The van der Waals surface area contributed by atoms with Crippen molar-refractivity contribution < 1.29 is 0 Å². The van der Waals surface area contributed by atoms with Crippen molar-refractivity contribution in [2.45, 2.75) is 33.1 Å². The predicted molar refractivity (Wildman–Crippen MR) is 311 cm³/mol. The third-order valence-corrected chi connectivity index (χ3v) is 14.5. The average molecular weight is 1210 g/mol. The van der Waals surface area contributed by atoms with Gasteiger partial charge in [-0.1, -0.05) is 155 Å². The molecule has 0 bridgehead atoms. The van der Waals surface area contributed by atoms with E-state index in [1.807, 2.05) is 170 Å². The highest BCUT2D eigenvalue weighted by Gasteiger charge is 2.12. The first kappa shape index (κ1) is 54.0.